The molecule has 0 bridgehead atoms. The highest BCUT2D eigenvalue weighted by molar-refractivity contribution is 6.33. The average molecular weight is 369 g/mol. The first-order valence-corrected chi connectivity index (χ1v) is 8.35. The van der Waals surface area contributed by atoms with E-state index in [0.29, 0.717) is 28.6 Å². The zero-order valence-corrected chi connectivity index (χ0v) is 14.9. The van der Waals surface area contributed by atoms with Crippen LogP contribution >= 0.6 is 11.6 Å². The molecule has 1 N–H and O–H groups in total. The minimum atomic E-state index is -0.481. The quantitative estimate of drug-likeness (QED) is 0.497. The van der Waals surface area contributed by atoms with Gasteiger partial charge in [-0.15, -0.1) is 0 Å². The van der Waals surface area contributed by atoms with Crippen molar-refractivity contribution in [2.24, 2.45) is 0 Å². The van der Waals surface area contributed by atoms with Crippen LogP contribution in [-0.2, 0) is 9.59 Å². The van der Waals surface area contributed by atoms with Crippen LogP contribution in [-0.4, -0.2) is 18.4 Å². The van der Waals surface area contributed by atoms with Gasteiger partial charge in [0.25, 0.3) is 11.8 Å². The highest BCUT2D eigenvalue weighted by atomic mass is 35.5. The average Bonchev–Trinajstić information content (AvgIpc) is 2.91. The summed E-state index contributed by atoms with van der Waals surface area (Å²) < 4.78 is 5.57. The number of carbonyl (C=O) groups excluding carboxylic acids is 2. The molecule has 0 saturated carbocycles. The zero-order chi connectivity index (χ0) is 18.7. The molecule has 0 atom stereocenters. The molecule has 6 heteroatoms. The van der Waals surface area contributed by atoms with Gasteiger partial charge in [-0.3, -0.25) is 15.0 Å². The third kappa shape index (κ3) is 3.48. The van der Waals surface area contributed by atoms with Gasteiger partial charge in [0.1, 0.15) is 17.9 Å². The number of hydrogen-bond acceptors (Lipinski definition) is 3. The number of aryl methyl sites for hydroxylation is 1. The first kappa shape index (κ1) is 17.8. The molecule has 1 saturated heterocycles. The number of nitrogens with one attached hydrogen (secondary N) is 1. The van der Waals surface area contributed by atoms with Crippen LogP contribution in [0.5, 0.6) is 5.75 Å². The number of ether oxygens (including phenoxy) is 1. The normalized spacial score (nSPS) is 15.3. The first-order chi connectivity index (χ1) is 12.5. The lowest BCUT2D eigenvalue weighted by atomic mass is 10.1. The molecule has 26 heavy (non-hydrogen) atoms. The molecule has 0 radical (unpaired) electrons. The maximum Gasteiger partial charge on any atom is 0.282 e. The molecular formula is C20H17ClN2O3. The van der Waals surface area contributed by atoms with Gasteiger partial charge in [-0.2, -0.15) is 0 Å². The van der Waals surface area contributed by atoms with Crippen molar-refractivity contribution in [1.29, 1.82) is 0 Å². The van der Waals surface area contributed by atoms with Crippen LogP contribution in [0.25, 0.3) is 6.08 Å². The molecule has 1 fully saturated rings. The van der Waals surface area contributed by atoms with Gasteiger partial charge in [0.2, 0.25) is 0 Å². The van der Waals surface area contributed by atoms with Gasteiger partial charge in [0, 0.05) is 10.6 Å². The summed E-state index contributed by atoms with van der Waals surface area (Å²) in [5, 5.41) is 1.71. The van der Waals surface area contributed by atoms with E-state index in [4.69, 9.17) is 16.3 Å². The number of benzene rings is 2. The van der Waals surface area contributed by atoms with Gasteiger partial charge in [-0.25, -0.2) is 5.01 Å². The molecule has 3 rings (SSSR count). The Labute approximate surface area is 156 Å². The van der Waals surface area contributed by atoms with E-state index in [0.717, 1.165) is 5.56 Å². The molecule has 1 aliphatic heterocycles. The molecule has 2 aromatic carbocycles. The van der Waals surface area contributed by atoms with Crippen LogP contribution in [0, 0.1) is 6.92 Å². The molecule has 1 heterocycles. The largest absolute Gasteiger partial charge is 0.489 e. The number of anilines is 1. The van der Waals surface area contributed by atoms with E-state index >= 15 is 0 Å². The van der Waals surface area contributed by atoms with Crippen molar-refractivity contribution in [3.05, 3.63) is 76.8 Å². The zero-order valence-electron chi connectivity index (χ0n) is 14.2. The van der Waals surface area contributed by atoms with E-state index in [1.54, 1.807) is 36.4 Å². The SMILES string of the molecule is C=CCOc1ccccc1/C=C1/C(=O)NN(c2ccc(C)c(Cl)c2)C1=O. The number of nitrogens with zero attached hydrogens (tertiary/aromatic N) is 1. The molecule has 0 aromatic heterocycles. The molecule has 2 aromatic rings. The predicted octanol–water partition coefficient (Wildman–Crippen LogP) is 3.67. The second kappa shape index (κ2) is 7.45. The summed E-state index contributed by atoms with van der Waals surface area (Å²) >= 11 is 6.12. The standard InChI is InChI=1S/C20H17ClN2O3/c1-3-10-26-18-7-5-4-6-14(18)11-16-19(24)22-23(20(16)25)15-9-8-13(2)17(21)12-15/h3-9,11-12H,1,10H2,2H3,(H,22,24)/b16-11-. The Hall–Kier alpha value is -3.05. The van der Waals surface area contributed by atoms with Gasteiger partial charge < -0.3 is 4.74 Å². The van der Waals surface area contributed by atoms with E-state index in [2.05, 4.69) is 12.0 Å². The topological polar surface area (TPSA) is 58.6 Å². The molecule has 2 amide bonds. The Balaban J connectivity index is 1.93. The van der Waals surface area contributed by atoms with Crippen molar-refractivity contribution in [3.63, 3.8) is 0 Å². The number of para-hydroxylation sites is 1. The first-order valence-electron chi connectivity index (χ1n) is 7.97. The van der Waals surface area contributed by atoms with Crippen LogP contribution in [0.4, 0.5) is 5.69 Å². The summed E-state index contributed by atoms with van der Waals surface area (Å²) in [6, 6.07) is 12.3. The van der Waals surface area contributed by atoms with Crippen molar-refractivity contribution < 1.29 is 14.3 Å². The summed E-state index contributed by atoms with van der Waals surface area (Å²) in [7, 11) is 0. The van der Waals surface area contributed by atoms with E-state index < -0.39 is 11.8 Å². The van der Waals surface area contributed by atoms with E-state index in [1.807, 2.05) is 19.1 Å². The van der Waals surface area contributed by atoms with Crippen LogP contribution in [0.3, 0.4) is 0 Å². The summed E-state index contributed by atoms with van der Waals surface area (Å²) in [6.07, 6.45) is 3.14. The summed E-state index contributed by atoms with van der Waals surface area (Å²) in [5.41, 5.74) is 4.61. The highest BCUT2D eigenvalue weighted by Crippen LogP contribution is 2.28. The van der Waals surface area contributed by atoms with Crippen molar-refractivity contribution in [2.45, 2.75) is 6.92 Å². The van der Waals surface area contributed by atoms with Crippen LogP contribution in [0.15, 0.2) is 60.7 Å². The molecule has 132 valence electrons. The van der Waals surface area contributed by atoms with E-state index in [-0.39, 0.29) is 5.57 Å². The molecule has 0 spiro atoms. The smallest absolute Gasteiger partial charge is 0.282 e. The molecule has 0 aliphatic carbocycles. The van der Waals surface area contributed by atoms with Gasteiger partial charge in [0.05, 0.1) is 5.69 Å². The number of rotatable bonds is 5. The van der Waals surface area contributed by atoms with Crippen molar-refractivity contribution in [2.75, 3.05) is 11.6 Å². The summed E-state index contributed by atoms with van der Waals surface area (Å²) in [4.78, 5) is 25.0. The number of halogens is 1. The van der Waals surface area contributed by atoms with Crippen molar-refractivity contribution in [3.8, 4) is 5.75 Å². The Bertz CT molecular complexity index is 921. The Morgan fingerprint density at radius 2 is 2.00 bits per heavy atom. The third-order valence-corrected chi connectivity index (χ3v) is 4.29. The summed E-state index contributed by atoms with van der Waals surface area (Å²) in [5.74, 6) is -0.365. The lowest BCUT2D eigenvalue weighted by Crippen LogP contribution is -2.35. The van der Waals surface area contributed by atoms with Crippen molar-refractivity contribution in [1.82, 2.24) is 5.43 Å². The number of hydrazine groups is 1. The van der Waals surface area contributed by atoms with E-state index in [9.17, 15) is 9.59 Å². The molecule has 0 unspecified atom stereocenters. The highest BCUT2D eigenvalue weighted by Gasteiger charge is 2.34. The maximum atomic E-state index is 12.7. The van der Waals surface area contributed by atoms with Crippen LogP contribution in [0.2, 0.25) is 5.02 Å². The minimum absolute atomic E-state index is 0.0244. The number of carbonyl (C=O) groups is 2. The van der Waals surface area contributed by atoms with Gasteiger partial charge in [-0.1, -0.05) is 48.5 Å². The second-order valence-corrected chi connectivity index (χ2v) is 6.12. The lowest BCUT2D eigenvalue weighted by molar-refractivity contribution is -0.117. The number of hydrogen-bond donors (Lipinski definition) is 1. The molecule has 5 nitrogen and oxygen atoms in total. The van der Waals surface area contributed by atoms with Crippen molar-refractivity contribution >= 4 is 35.2 Å². The number of amides is 2. The Morgan fingerprint density at radius 1 is 1.23 bits per heavy atom. The fraction of sp³-hybridized carbons (Fsp3) is 0.100. The van der Waals surface area contributed by atoms with Gasteiger partial charge in [0.15, 0.2) is 0 Å². The monoisotopic (exact) mass is 368 g/mol. The fourth-order valence-electron chi connectivity index (χ4n) is 2.50. The maximum absolute atomic E-state index is 12.7. The third-order valence-electron chi connectivity index (χ3n) is 3.88. The van der Waals surface area contributed by atoms with E-state index in [1.165, 1.54) is 11.1 Å². The van der Waals surface area contributed by atoms with Crippen LogP contribution in [0.1, 0.15) is 11.1 Å². The fourth-order valence-corrected chi connectivity index (χ4v) is 2.67. The Morgan fingerprint density at radius 3 is 2.73 bits per heavy atom. The van der Waals surface area contributed by atoms with Gasteiger partial charge in [-0.05, 0) is 36.8 Å². The lowest BCUT2D eigenvalue weighted by Gasteiger charge is -2.15. The van der Waals surface area contributed by atoms with Gasteiger partial charge >= 0.3 is 0 Å². The second-order valence-electron chi connectivity index (χ2n) is 5.71. The molecular weight excluding hydrogens is 352 g/mol. The molecule has 1 aliphatic rings. The minimum Gasteiger partial charge on any atom is -0.489 e. The predicted molar refractivity (Wildman–Crippen MR) is 102 cm³/mol. The Kier molecular flexibility index (Phi) is 5.09. The van der Waals surface area contributed by atoms with Crippen LogP contribution < -0.4 is 15.2 Å². The summed E-state index contributed by atoms with van der Waals surface area (Å²) in [6.45, 7) is 5.80.